The Morgan fingerprint density at radius 1 is 1.33 bits per heavy atom. The van der Waals surface area contributed by atoms with E-state index in [4.69, 9.17) is 10.8 Å². The van der Waals surface area contributed by atoms with Crippen LogP contribution < -0.4 is 10.6 Å². The monoisotopic (exact) mass is 252 g/mol. The van der Waals surface area contributed by atoms with E-state index in [1.54, 1.807) is 0 Å². The number of nitrogens with zero attached hydrogens (tertiary/aromatic N) is 3. The van der Waals surface area contributed by atoms with Crippen molar-refractivity contribution in [3.8, 4) is 0 Å². The molecule has 98 valence electrons. The highest BCUT2D eigenvalue weighted by molar-refractivity contribution is 5.96. The van der Waals surface area contributed by atoms with Crippen molar-refractivity contribution in [3.63, 3.8) is 0 Å². The number of aliphatic carboxylic acids is 1. The number of hydrogen-bond donors (Lipinski definition) is 2. The summed E-state index contributed by atoms with van der Waals surface area (Å²) in [6.45, 7) is 5.16. The van der Waals surface area contributed by atoms with Crippen molar-refractivity contribution < 1.29 is 14.7 Å². The van der Waals surface area contributed by atoms with Crippen LogP contribution in [0.5, 0.6) is 0 Å². The van der Waals surface area contributed by atoms with Crippen LogP contribution in [-0.2, 0) is 4.79 Å². The Bertz CT molecular complexity index is 468. The Balaban J connectivity index is 3.29. The van der Waals surface area contributed by atoms with Crippen LogP contribution in [0.1, 0.15) is 31.3 Å². The summed E-state index contributed by atoms with van der Waals surface area (Å²) in [5.74, 6) is -1.58. The maximum Gasteiger partial charge on any atom is 0.323 e. The second-order valence-electron chi connectivity index (χ2n) is 4.74. The lowest BCUT2D eigenvalue weighted by atomic mass is 10.1. The Hall–Kier alpha value is -2.18. The first-order chi connectivity index (χ1) is 8.23. The van der Waals surface area contributed by atoms with Crippen LogP contribution in [0.25, 0.3) is 0 Å². The number of anilines is 1. The number of primary amides is 1. The number of carbonyl (C=O) groups is 2. The fourth-order valence-electron chi connectivity index (χ4n) is 1.47. The number of carbonyl (C=O) groups excluding carboxylic acids is 1. The molecule has 3 N–H and O–H groups in total. The summed E-state index contributed by atoms with van der Waals surface area (Å²) in [4.78, 5) is 31.5. The van der Waals surface area contributed by atoms with Crippen LogP contribution in [0.4, 0.5) is 5.82 Å². The molecule has 7 nitrogen and oxygen atoms in total. The van der Waals surface area contributed by atoms with Crippen molar-refractivity contribution in [2.45, 2.75) is 26.3 Å². The van der Waals surface area contributed by atoms with Crippen molar-refractivity contribution in [1.82, 2.24) is 9.97 Å². The van der Waals surface area contributed by atoms with Gasteiger partial charge in [0.25, 0.3) is 5.91 Å². The zero-order valence-electron chi connectivity index (χ0n) is 10.5. The summed E-state index contributed by atoms with van der Waals surface area (Å²) < 4.78 is 0. The van der Waals surface area contributed by atoms with Gasteiger partial charge in [-0.3, -0.25) is 9.59 Å². The van der Waals surface area contributed by atoms with E-state index in [1.165, 1.54) is 17.3 Å². The zero-order valence-corrected chi connectivity index (χ0v) is 10.5. The molecule has 1 amide bonds. The van der Waals surface area contributed by atoms with Gasteiger partial charge in [-0.2, -0.15) is 0 Å². The Kier molecular flexibility index (Phi) is 3.85. The molecule has 0 saturated carbocycles. The highest BCUT2D eigenvalue weighted by atomic mass is 16.4. The molecule has 0 fully saturated rings. The summed E-state index contributed by atoms with van der Waals surface area (Å²) in [7, 11) is 0. The molecule has 1 aromatic rings. The number of nitrogens with two attached hydrogens (primary N) is 1. The lowest BCUT2D eigenvalue weighted by Crippen LogP contribution is -2.46. The maximum absolute atomic E-state index is 11.3. The lowest BCUT2D eigenvalue weighted by Gasteiger charge is -2.35. The molecule has 18 heavy (non-hydrogen) atoms. The van der Waals surface area contributed by atoms with Crippen LogP contribution in [0.3, 0.4) is 0 Å². The van der Waals surface area contributed by atoms with E-state index in [2.05, 4.69) is 9.97 Å². The number of carboxylic acids is 1. The minimum Gasteiger partial charge on any atom is -0.480 e. The molecule has 0 aliphatic rings. The molecular weight excluding hydrogens is 236 g/mol. The Morgan fingerprint density at radius 2 is 1.89 bits per heavy atom. The van der Waals surface area contributed by atoms with Gasteiger partial charge in [-0.05, 0) is 20.8 Å². The topological polar surface area (TPSA) is 109 Å². The van der Waals surface area contributed by atoms with Crippen molar-refractivity contribution >= 4 is 17.7 Å². The van der Waals surface area contributed by atoms with Gasteiger partial charge in [0, 0.05) is 17.9 Å². The zero-order chi connectivity index (χ0) is 13.9. The number of rotatable bonds is 4. The average Bonchev–Trinajstić information content (AvgIpc) is 2.24. The molecule has 0 unspecified atom stereocenters. The van der Waals surface area contributed by atoms with Gasteiger partial charge in [0.2, 0.25) is 0 Å². The molecule has 0 aromatic carbocycles. The highest BCUT2D eigenvalue weighted by Crippen LogP contribution is 2.23. The number of carboxylic acid groups (broad SMARTS) is 1. The molecule has 0 aliphatic heterocycles. The number of hydrogen-bond acceptors (Lipinski definition) is 5. The molecule has 1 heterocycles. The van der Waals surface area contributed by atoms with Crippen molar-refractivity contribution in [2.75, 3.05) is 11.4 Å². The summed E-state index contributed by atoms with van der Waals surface area (Å²) in [6.07, 6.45) is 2.73. The fraction of sp³-hybridized carbons (Fsp3) is 0.455. The standard InChI is InChI=1S/C11H16N4O3/c1-11(2,3)15(6-7(16)17)10-8(9(12)18)13-4-5-14-10/h4-5H,6H2,1-3H3,(H2,12,18)(H,16,17). The SMILES string of the molecule is CC(C)(C)N(CC(=O)O)c1nccnc1C(N)=O. The summed E-state index contributed by atoms with van der Waals surface area (Å²) in [6, 6.07) is 0. The molecule has 1 aromatic heterocycles. The van der Waals surface area contributed by atoms with E-state index in [-0.39, 0.29) is 18.1 Å². The number of amides is 1. The smallest absolute Gasteiger partial charge is 0.323 e. The predicted octanol–water partition coefficient (Wildman–Crippen LogP) is 0.265. The van der Waals surface area contributed by atoms with E-state index in [9.17, 15) is 9.59 Å². The molecule has 0 saturated heterocycles. The summed E-state index contributed by atoms with van der Waals surface area (Å²) >= 11 is 0. The highest BCUT2D eigenvalue weighted by Gasteiger charge is 2.28. The minimum atomic E-state index is -1.02. The van der Waals surface area contributed by atoms with Gasteiger partial charge in [0.1, 0.15) is 6.54 Å². The predicted molar refractivity (Wildman–Crippen MR) is 65.3 cm³/mol. The molecule has 0 bridgehead atoms. The molecule has 0 spiro atoms. The summed E-state index contributed by atoms with van der Waals surface area (Å²) in [5, 5.41) is 8.93. The lowest BCUT2D eigenvalue weighted by molar-refractivity contribution is -0.135. The van der Waals surface area contributed by atoms with Gasteiger partial charge in [-0.1, -0.05) is 0 Å². The minimum absolute atomic E-state index is 0.0336. The van der Waals surface area contributed by atoms with Gasteiger partial charge < -0.3 is 15.7 Å². The number of aromatic nitrogens is 2. The Labute approximate surface area is 105 Å². The van der Waals surface area contributed by atoms with Crippen LogP contribution in [-0.4, -0.2) is 39.0 Å². The fourth-order valence-corrected chi connectivity index (χ4v) is 1.47. The van der Waals surface area contributed by atoms with E-state index < -0.39 is 17.4 Å². The van der Waals surface area contributed by atoms with Crippen molar-refractivity contribution in [2.24, 2.45) is 5.73 Å². The normalized spacial score (nSPS) is 11.1. The molecule has 0 radical (unpaired) electrons. The average molecular weight is 252 g/mol. The van der Waals surface area contributed by atoms with E-state index in [0.717, 1.165) is 0 Å². The van der Waals surface area contributed by atoms with Gasteiger partial charge >= 0.3 is 5.97 Å². The van der Waals surface area contributed by atoms with Gasteiger partial charge in [-0.15, -0.1) is 0 Å². The van der Waals surface area contributed by atoms with Gasteiger partial charge in [0.15, 0.2) is 11.5 Å². The molecule has 7 heteroatoms. The van der Waals surface area contributed by atoms with Gasteiger partial charge in [-0.25, -0.2) is 9.97 Å². The Morgan fingerprint density at radius 3 is 2.33 bits per heavy atom. The second-order valence-corrected chi connectivity index (χ2v) is 4.74. The molecule has 1 rings (SSSR count). The van der Waals surface area contributed by atoms with Crippen LogP contribution in [0.15, 0.2) is 12.4 Å². The third-order valence-electron chi connectivity index (χ3n) is 2.27. The van der Waals surface area contributed by atoms with E-state index >= 15 is 0 Å². The first kappa shape index (κ1) is 13.9. The second kappa shape index (κ2) is 4.99. The first-order valence-electron chi connectivity index (χ1n) is 5.33. The largest absolute Gasteiger partial charge is 0.480 e. The molecular formula is C11H16N4O3. The van der Waals surface area contributed by atoms with Crippen molar-refractivity contribution in [1.29, 1.82) is 0 Å². The molecule has 0 aliphatic carbocycles. The third kappa shape index (κ3) is 3.16. The quantitative estimate of drug-likeness (QED) is 0.795. The van der Waals surface area contributed by atoms with Gasteiger partial charge in [0.05, 0.1) is 0 Å². The van der Waals surface area contributed by atoms with Crippen LogP contribution >= 0.6 is 0 Å². The first-order valence-corrected chi connectivity index (χ1v) is 5.33. The maximum atomic E-state index is 11.3. The van der Waals surface area contributed by atoms with Crippen LogP contribution in [0.2, 0.25) is 0 Å². The summed E-state index contributed by atoms with van der Waals surface area (Å²) in [5.41, 5.74) is 4.65. The molecule has 0 atom stereocenters. The van der Waals surface area contributed by atoms with Crippen LogP contribution in [0, 0.1) is 0 Å². The van der Waals surface area contributed by atoms with E-state index in [1.807, 2.05) is 20.8 Å². The van der Waals surface area contributed by atoms with Crippen molar-refractivity contribution in [3.05, 3.63) is 18.1 Å². The van der Waals surface area contributed by atoms with E-state index in [0.29, 0.717) is 0 Å². The third-order valence-corrected chi connectivity index (χ3v) is 2.27.